The Kier molecular flexibility index (Phi) is 5.13. The summed E-state index contributed by atoms with van der Waals surface area (Å²) in [5.74, 6) is -0.569. The highest BCUT2D eigenvalue weighted by Gasteiger charge is 2.66. The summed E-state index contributed by atoms with van der Waals surface area (Å²) in [4.78, 5) is 12.3. The predicted molar refractivity (Wildman–Crippen MR) is 91.1 cm³/mol. The van der Waals surface area contributed by atoms with Crippen LogP contribution in [0.2, 0.25) is 0 Å². The zero-order valence-corrected chi connectivity index (χ0v) is 15.1. The molecule has 134 valence electrons. The van der Waals surface area contributed by atoms with Gasteiger partial charge >= 0.3 is 13.6 Å². The summed E-state index contributed by atoms with van der Waals surface area (Å²) in [6.07, 6.45) is 1.55. The van der Waals surface area contributed by atoms with Gasteiger partial charge in [0, 0.05) is 5.56 Å². The maximum absolute atomic E-state index is 13.8. The van der Waals surface area contributed by atoms with Crippen molar-refractivity contribution < 1.29 is 27.6 Å². The van der Waals surface area contributed by atoms with Crippen molar-refractivity contribution in [3.8, 4) is 0 Å². The minimum atomic E-state index is -3.86. The Bertz CT molecular complexity index is 747. The summed E-state index contributed by atoms with van der Waals surface area (Å²) in [6, 6.07) is 12.4. The van der Waals surface area contributed by atoms with Crippen LogP contribution in [-0.4, -0.2) is 19.2 Å². The molecule has 2 aromatic rings. The quantitative estimate of drug-likeness (QED) is 0.534. The van der Waals surface area contributed by atoms with Gasteiger partial charge in [0.1, 0.15) is 5.76 Å². The highest BCUT2D eigenvalue weighted by atomic mass is 31.2. The van der Waals surface area contributed by atoms with E-state index in [-0.39, 0.29) is 19.6 Å². The number of hydrogen-bond donors (Lipinski definition) is 0. The minimum Gasteiger partial charge on any atom is -0.469 e. The predicted octanol–water partition coefficient (Wildman–Crippen LogP) is 4.43. The molecule has 1 aromatic heterocycles. The van der Waals surface area contributed by atoms with Crippen molar-refractivity contribution in [2.24, 2.45) is 0 Å². The Balaban J connectivity index is 2.25. The highest BCUT2D eigenvalue weighted by molar-refractivity contribution is 7.55. The molecule has 7 heteroatoms. The van der Waals surface area contributed by atoms with Crippen LogP contribution in [-0.2, 0) is 28.5 Å². The lowest BCUT2D eigenvalue weighted by atomic mass is 9.92. The van der Waals surface area contributed by atoms with E-state index in [1.807, 2.05) is 6.07 Å². The largest absolute Gasteiger partial charge is 0.469 e. The molecule has 1 aliphatic heterocycles. The Morgan fingerprint density at radius 1 is 1.12 bits per heavy atom. The Hall–Kier alpha value is -1.88. The SMILES string of the molecule is CCOP(=O)(OCC)C1(c2ccccc2)OC(=O)CC1c1ccco1. The van der Waals surface area contributed by atoms with Crippen LogP contribution in [0.3, 0.4) is 0 Å². The molecule has 2 heterocycles. The van der Waals surface area contributed by atoms with Crippen molar-refractivity contribution in [2.75, 3.05) is 13.2 Å². The number of esters is 1. The van der Waals surface area contributed by atoms with Crippen molar-refractivity contribution in [3.63, 3.8) is 0 Å². The van der Waals surface area contributed by atoms with Gasteiger partial charge < -0.3 is 18.2 Å². The standard InChI is InChI=1S/C18H21O6P/c1-3-22-25(20,23-4-2)18(14-9-6-5-7-10-14)15(13-17(19)24-18)16-11-8-12-21-16/h5-12,15H,3-4,13H2,1-2H3. The van der Waals surface area contributed by atoms with Gasteiger partial charge in [-0.15, -0.1) is 0 Å². The topological polar surface area (TPSA) is 75.0 Å². The van der Waals surface area contributed by atoms with E-state index in [4.69, 9.17) is 18.2 Å². The molecule has 0 bridgehead atoms. The number of ether oxygens (including phenoxy) is 1. The molecular formula is C18H21O6P. The number of carbonyl (C=O) groups is 1. The van der Waals surface area contributed by atoms with Crippen LogP contribution in [0.25, 0.3) is 0 Å². The second-order valence-corrected chi connectivity index (χ2v) is 7.82. The fourth-order valence-corrected chi connectivity index (χ4v) is 5.70. The molecule has 1 saturated heterocycles. The van der Waals surface area contributed by atoms with Crippen molar-refractivity contribution in [3.05, 3.63) is 60.1 Å². The summed E-state index contributed by atoms with van der Waals surface area (Å²) in [5.41, 5.74) is 0.562. The number of rotatable bonds is 7. The number of furan rings is 1. The summed E-state index contributed by atoms with van der Waals surface area (Å²) in [7, 11) is -3.86. The molecule has 0 radical (unpaired) electrons. The second-order valence-electron chi connectivity index (χ2n) is 5.64. The van der Waals surface area contributed by atoms with Gasteiger partial charge in [0.2, 0.25) is 5.34 Å². The molecule has 0 spiro atoms. The lowest BCUT2D eigenvalue weighted by Crippen LogP contribution is -2.33. The molecule has 1 aromatic carbocycles. The van der Waals surface area contributed by atoms with E-state index in [1.165, 1.54) is 6.26 Å². The molecule has 2 atom stereocenters. The third-order valence-corrected chi connectivity index (χ3v) is 6.86. The highest BCUT2D eigenvalue weighted by Crippen LogP contribution is 2.73. The smallest absolute Gasteiger partial charge is 0.379 e. The van der Waals surface area contributed by atoms with Crippen LogP contribution in [0.4, 0.5) is 0 Å². The number of hydrogen-bond acceptors (Lipinski definition) is 6. The van der Waals surface area contributed by atoms with E-state index >= 15 is 0 Å². The maximum atomic E-state index is 13.8. The second kappa shape index (κ2) is 7.16. The number of cyclic esters (lactones) is 1. The monoisotopic (exact) mass is 364 g/mol. The summed E-state index contributed by atoms with van der Waals surface area (Å²) in [6.45, 7) is 3.77. The van der Waals surface area contributed by atoms with Gasteiger partial charge in [-0.3, -0.25) is 9.36 Å². The van der Waals surface area contributed by atoms with E-state index in [0.717, 1.165) is 0 Å². The molecule has 1 fully saturated rings. The van der Waals surface area contributed by atoms with Gasteiger partial charge in [0.25, 0.3) is 0 Å². The molecule has 0 saturated carbocycles. The molecule has 25 heavy (non-hydrogen) atoms. The van der Waals surface area contributed by atoms with Crippen molar-refractivity contribution >= 4 is 13.6 Å². The van der Waals surface area contributed by atoms with E-state index in [2.05, 4.69) is 0 Å². The van der Waals surface area contributed by atoms with E-state index in [9.17, 15) is 9.36 Å². The van der Waals surface area contributed by atoms with Gasteiger partial charge in [0.15, 0.2) is 0 Å². The normalized spacial score (nSPS) is 23.6. The Morgan fingerprint density at radius 3 is 2.36 bits per heavy atom. The first-order chi connectivity index (χ1) is 12.1. The fraction of sp³-hybridized carbons (Fsp3) is 0.389. The Labute approximate surface area is 146 Å². The van der Waals surface area contributed by atoms with Crippen LogP contribution >= 0.6 is 7.60 Å². The number of benzene rings is 1. The van der Waals surface area contributed by atoms with Gasteiger partial charge in [0.05, 0.1) is 31.8 Å². The summed E-state index contributed by atoms with van der Waals surface area (Å²) < 4.78 is 36.3. The van der Waals surface area contributed by atoms with Crippen LogP contribution in [0, 0.1) is 0 Å². The van der Waals surface area contributed by atoms with Gasteiger partial charge in [-0.2, -0.15) is 0 Å². The molecule has 1 aliphatic rings. The molecular weight excluding hydrogens is 343 g/mol. The fourth-order valence-electron chi connectivity index (χ4n) is 3.29. The summed E-state index contributed by atoms with van der Waals surface area (Å²) in [5, 5.41) is -1.57. The van der Waals surface area contributed by atoms with Crippen LogP contribution < -0.4 is 0 Å². The average molecular weight is 364 g/mol. The molecule has 2 unspecified atom stereocenters. The third kappa shape index (κ3) is 2.95. The first-order valence-electron chi connectivity index (χ1n) is 8.27. The third-order valence-electron chi connectivity index (χ3n) is 4.19. The molecule has 6 nitrogen and oxygen atoms in total. The molecule has 0 amide bonds. The molecule has 3 rings (SSSR count). The Morgan fingerprint density at radius 2 is 1.80 bits per heavy atom. The van der Waals surface area contributed by atoms with E-state index in [0.29, 0.717) is 11.3 Å². The van der Waals surface area contributed by atoms with Crippen molar-refractivity contribution in [1.29, 1.82) is 0 Å². The maximum Gasteiger partial charge on any atom is 0.379 e. The first kappa shape index (κ1) is 17.9. The zero-order valence-electron chi connectivity index (χ0n) is 14.2. The number of carbonyl (C=O) groups excluding carboxylic acids is 1. The lowest BCUT2D eigenvalue weighted by molar-refractivity contribution is -0.145. The van der Waals surface area contributed by atoms with Crippen molar-refractivity contribution in [1.82, 2.24) is 0 Å². The van der Waals surface area contributed by atoms with Crippen LogP contribution in [0.5, 0.6) is 0 Å². The van der Waals surface area contributed by atoms with Gasteiger partial charge in [-0.05, 0) is 26.0 Å². The van der Waals surface area contributed by atoms with Gasteiger partial charge in [-0.25, -0.2) is 0 Å². The van der Waals surface area contributed by atoms with Crippen LogP contribution in [0.1, 0.15) is 37.5 Å². The van der Waals surface area contributed by atoms with Crippen LogP contribution in [0.15, 0.2) is 53.1 Å². The first-order valence-corrected chi connectivity index (χ1v) is 9.81. The summed E-state index contributed by atoms with van der Waals surface area (Å²) >= 11 is 0. The van der Waals surface area contributed by atoms with E-state index in [1.54, 1.807) is 50.2 Å². The minimum absolute atomic E-state index is 0.0343. The molecule has 0 N–H and O–H groups in total. The van der Waals surface area contributed by atoms with E-state index < -0.39 is 24.8 Å². The van der Waals surface area contributed by atoms with Gasteiger partial charge in [-0.1, -0.05) is 30.3 Å². The average Bonchev–Trinajstić information content (AvgIpc) is 3.24. The molecule has 0 aliphatic carbocycles. The van der Waals surface area contributed by atoms with Crippen molar-refractivity contribution in [2.45, 2.75) is 31.5 Å². The lowest BCUT2D eigenvalue weighted by Gasteiger charge is -2.37. The zero-order chi connectivity index (χ0) is 17.9.